The molecule has 1 amide bonds. The lowest BCUT2D eigenvalue weighted by molar-refractivity contribution is -0.115. The lowest BCUT2D eigenvalue weighted by atomic mass is 9.86. The van der Waals surface area contributed by atoms with E-state index < -0.39 is 0 Å². The van der Waals surface area contributed by atoms with Gasteiger partial charge in [0.05, 0.1) is 12.7 Å². The molecule has 0 radical (unpaired) electrons. The van der Waals surface area contributed by atoms with E-state index in [4.69, 9.17) is 4.42 Å². The Labute approximate surface area is 142 Å². The molecule has 3 rings (SSSR count). The smallest absolute Gasteiger partial charge is 0.228 e. The first-order valence-electron chi connectivity index (χ1n) is 8.21. The molecule has 1 aromatic heterocycles. The number of carbonyl (C=O) groups is 1. The quantitative estimate of drug-likeness (QED) is 0.718. The van der Waals surface area contributed by atoms with Crippen molar-refractivity contribution in [3.63, 3.8) is 0 Å². The van der Waals surface area contributed by atoms with Gasteiger partial charge in [-0.05, 0) is 35.6 Å². The molecule has 0 aliphatic rings. The summed E-state index contributed by atoms with van der Waals surface area (Å²) in [6.45, 7) is 8.45. The van der Waals surface area contributed by atoms with Crippen molar-refractivity contribution in [3.05, 3.63) is 65.4 Å². The second kappa shape index (κ2) is 6.16. The largest absolute Gasteiger partial charge is 0.464 e. The van der Waals surface area contributed by atoms with E-state index in [2.05, 4.69) is 32.2 Å². The molecule has 0 aliphatic heterocycles. The molecule has 124 valence electrons. The third-order valence-corrected chi connectivity index (χ3v) is 4.17. The summed E-state index contributed by atoms with van der Waals surface area (Å²) >= 11 is 0. The molecule has 3 heteroatoms. The van der Waals surface area contributed by atoms with E-state index in [0.717, 1.165) is 33.3 Å². The first-order chi connectivity index (χ1) is 11.3. The summed E-state index contributed by atoms with van der Waals surface area (Å²) in [5.74, 6) is -0.0324. The molecule has 0 atom stereocenters. The minimum absolute atomic E-state index is 0.0241. The lowest BCUT2D eigenvalue weighted by Crippen LogP contribution is -2.19. The number of para-hydroxylation sites is 1. The third-order valence-electron chi connectivity index (χ3n) is 4.17. The van der Waals surface area contributed by atoms with Gasteiger partial charge in [0.15, 0.2) is 0 Å². The van der Waals surface area contributed by atoms with Crippen molar-refractivity contribution in [3.8, 4) is 0 Å². The molecule has 3 aromatic rings. The van der Waals surface area contributed by atoms with Gasteiger partial charge in [0.1, 0.15) is 5.58 Å². The number of furan rings is 1. The van der Waals surface area contributed by atoms with Crippen LogP contribution in [0.15, 0.2) is 53.1 Å². The van der Waals surface area contributed by atoms with Gasteiger partial charge >= 0.3 is 0 Å². The highest BCUT2D eigenvalue weighted by atomic mass is 16.3. The molecule has 0 saturated carbocycles. The molecular formula is C21H23NO2. The maximum absolute atomic E-state index is 12.5. The molecule has 3 nitrogen and oxygen atoms in total. The summed E-state index contributed by atoms with van der Waals surface area (Å²) in [6, 6.07) is 14.0. The number of amides is 1. The maximum Gasteiger partial charge on any atom is 0.228 e. The van der Waals surface area contributed by atoms with Crippen LogP contribution >= 0.6 is 0 Å². The number of hydrogen-bond acceptors (Lipinski definition) is 2. The standard InChI is InChI=1S/C21H23NO2/c1-14-9-10-16-15(13-24-19(16)11-14)12-20(23)22-18-8-6-5-7-17(18)21(2,3)4/h5-11,13H,12H2,1-4H3,(H,22,23). The van der Waals surface area contributed by atoms with Gasteiger partial charge in [0.25, 0.3) is 0 Å². The van der Waals surface area contributed by atoms with Gasteiger partial charge in [-0.15, -0.1) is 0 Å². The molecular weight excluding hydrogens is 298 g/mol. The fourth-order valence-corrected chi connectivity index (χ4v) is 2.94. The topological polar surface area (TPSA) is 42.2 Å². The second-order valence-corrected chi connectivity index (χ2v) is 7.28. The van der Waals surface area contributed by atoms with Crippen LogP contribution in [0.4, 0.5) is 5.69 Å². The van der Waals surface area contributed by atoms with Gasteiger partial charge in [-0.3, -0.25) is 4.79 Å². The first-order valence-corrected chi connectivity index (χ1v) is 8.21. The van der Waals surface area contributed by atoms with Crippen molar-refractivity contribution in [1.29, 1.82) is 0 Å². The molecule has 0 bridgehead atoms. The molecule has 0 fully saturated rings. The van der Waals surface area contributed by atoms with Crippen LogP contribution in [-0.4, -0.2) is 5.91 Å². The van der Waals surface area contributed by atoms with Gasteiger partial charge < -0.3 is 9.73 Å². The van der Waals surface area contributed by atoms with Gasteiger partial charge in [-0.2, -0.15) is 0 Å². The molecule has 24 heavy (non-hydrogen) atoms. The Balaban J connectivity index is 1.81. The summed E-state index contributed by atoms with van der Waals surface area (Å²) in [7, 11) is 0. The van der Waals surface area contributed by atoms with Crippen LogP contribution in [0, 0.1) is 6.92 Å². The van der Waals surface area contributed by atoms with Crippen molar-refractivity contribution < 1.29 is 9.21 Å². The summed E-state index contributed by atoms with van der Waals surface area (Å²) in [4.78, 5) is 12.5. The number of rotatable bonds is 3. The molecule has 0 spiro atoms. The maximum atomic E-state index is 12.5. The fourth-order valence-electron chi connectivity index (χ4n) is 2.94. The number of fused-ring (bicyclic) bond motifs is 1. The van der Waals surface area contributed by atoms with Crippen LogP contribution < -0.4 is 5.32 Å². The Morgan fingerprint density at radius 3 is 2.62 bits per heavy atom. The van der Waals surface area contributed by atoms with Gasteiger partial charge in [0.2, 0.25) is 5.91 Å². The molecule has 0 unspecified atom stereocenters. The van der Waals surface area contributed by atoms with Crippen molar-refractivity contribution in [2.24, 2.45) is 0 Å². The highest BCUT2D eigenvalue weighted by Crippen LogP contribution is 2.29. The van der Waals surface area contributed by atoms with Crippen molar-refractivity contribution in [2.45, 2.75) is 39.5 Å². The van der Waals surface area contributed by atoms with Crippen LogP contribution in [-0.2, 0) is 16.6 Å². The Hall–Kier alpha value is -2.55. The minimum Gasteiger partial charge on any atom is -0.464 e. The Bertz CT molecular complexity index is 884. The number of benzene rings is 2. The van der Waals surface area contributed by atoms with Crippen LogP contribution in [0.25, 0.3) is 11.0 Å². The number of nitrogens with one attached hydrogen (secondary N) is 1. The van der Waals surface area contributed by atoms with E-state index in [1.54, 1.807) is 6.26 Å². The van der Waals surface area contributed by atoms with Gasteiger partial charge in [-0.1, -0.05) is 51.1 Å². The number of hydrogen-bond donors (Lipinski definition) is 1. The Kier molecular flexibility index (Phi) is 4.18. The minimum atomic E-state index is -0.0324. The number of aryl methyl sites for hydroxylation is 1. The van der Waals surface area contributed by atoms with Crippen LogP contribution in [0.1, 0.15) is 37.5 Å². The predicted molar refractivity (Wildman–Crippen MR) is 98.4 cm³/mol. The van der Waals surface area contributed by atoms with E-state index >= 15 is 0 Å². The molecule has 1 N–H and O–H groups in total. The summed E-state index contributed by atoms with van der Waals surface area (Å²) in [6.07, 6.45) is 1.98. The average Bonchev–Trinajstić information content (AvgIpc) is 2.88. The molecule has 2 aromatic carbocycles. The monoisotopic (exact) mass is 321 g/mol. The summed E-state index contributed by atoms with van der Waals surface area (Å²) in [5.41, 5.74) is 4.87. The first kappa shape index (κ1) is 16.3. The zero-order valence-corrected chi connectivity index (χ0v) is 14.6. The predicted octanol–water partition coefficient (Wildman–Crippen LogP) is 5.22. The zero-order chi connectivity index (χ0) is 17.3. The Morgan fingerprint density at radius 1 is 1.12 bits per heavy atom. The molecule has 0 saturated heterocycles. The lowest BCUT2D eigenvalue weighted by Gasteiger charge is -2.23. The Morgan fingerprint density at radius 2 is 1.88 bits per heavy atom. The fraction of sp³-hybridized carbons (Fsp3) is 0.286. The molecule has 1 heterocycles. The van der Waals surface area contributed by atoms with Crippen LogP contribution in [0.2, 0.25) is 0 Å². The zero-order valence-electron chi connectivity index (χ0n) is 14.6. The van der Waals surface area contributed by atoms with Crippen molar-refractivity contribution in [1.82, 2.24) is 0 Å². The number of anilines is 1. The summed E-state index contributed by atoms with van der Waals surface area (Å²) < 4.78 is 5.58. The van der Waals surface area contributed by atoms with E-state index in [9.17, 15) is 4.79 Å². The summed E-state index contributed by atoms with van der Waals surface area (Å²) in [5, 5.41) is 4.05. The highest BCUT2D eigenvalue weighted by molar-refractivity contribution is 5.96. The SMILES string of the molecule is Cc1ccc2c(CC(=O)Nc3ccccc3C(C)(C)C)coc2c1. The van der Waals surface area contributed by atoms with E-state index in [1.807, 2.05) is 43.3 Å². The van der Waals surface area contributed by atoms with Crippen molar-refractivity contribution >= 4 is 22.6 Å². The number of carbonyl (C=O) groups excluding carboxylic acids is 1. The van der Waals surface area contributed by atoms with Crippen LogP contribution in [0.3, 0.4) is 0 Å². The van der Waals surface area contributed by atoms with E-state index in [-0.39, 0.29) is 11.3 Å². The van der Waals surface area contributed by atoms with E-state index in [1.165, 1.54) is 0 Å². The van der Waals surface area contributed by atoms with E-state index in [0.29, 0.717) is 6.42 Å². The van der Waals surface area contributed by atoms with Crippen LogP contribution in [0.5, 0.6) is 0 Å². The van der Waals surface area contributed by atoms with Crippen molar-refractivity contribution in [2.75, 3.05) is 5.32 Å². The third kappa shape index (κ3) is 3.35. The second-order valence-electron chi connectivity index (χ2n) is 7.28. The average molecular weight is 321 g/mol. The van der Waals surface area contributed by atoms with Gasteiger partial charge in [-0.25, -0.2) is 0 Å². The van der Waals surface area contributed by atoms with Gasteiger partial charge in [0, 0.05) is 16.6 Å². The molecule has 0 aliphatic carbocycles. The highest BCUT2D eigenvalue weighted by Gasteiger charge is 2.19. The normalized spacial score (nSPS) is 11.7.